The van der Waals surface area contributed by atoms with Gasteiger partial charge in [0.1, 0.15) is 5.82 Å². The maximum atomic E-state index is 12.7. The minimum Gasteiger partial charge on any atom is -0.382 e. The van der Waals surface area contributed by atoms with Crippen LogP contribution in [0.5, 0.6) is 0 Å². The Hall–Kier alpha value is -3.20. The first-order valence-electron chi connectivity index (χ1n) is 11.2. The van der Waals surface area contributed by atoms with Crippen LogP contribution in [0.15, 0.2) is 36.0 Å². The molecule has 0 unspecified atom stereocenters. The predicted octanol–water partition coefficient (Wildman–Crippen LogP) is 4.93. The highest BCUT2D eigenvalue weighted by atomic mass is 32.1. The molecule has 0 spiro atoms. The third-order valence-corrected chi connectivity index (χ3v) is 5.30. The molecule has 8 nitrogen and oxygen atoms in total. The number of benzene rings is 1. The van der Waals surface area contributed by atoms with E-state index in [0.717, 1.165) is 15.9 Å². The van der Waals surface area contributed by atoms with Crippen molar-refractivity contribution in [2.45, 2.75) is 60.0 Å². The van der Waals surface area contributed by atoms with E-state index in [1.54, 1.807) is 17.5 Å². The fraction of sp³-hybridized carbons (Fsp3) is 0.417. The summed E-state index contributed by atoms with van der Waals surface area (Å²) in [6.45, 7) is 11.9. The first-order valence-corrected chi connectivity index (χ1v) is 12.1. The molecule has 0 aliphatic carbocycles. The maximum Gasteiger partial charge on any atom is 0.254 e. The van der Waals surface area contributed by atoms with Gasteiger partial charge in [-0.3, -0.25) is 9.59 Å². The summed E-state index contributed by atoms with van der Waals surface area (Å²) in [6, 6.07) is 7.93. The van der Waals surface area contributed by atoms with E-state index < -0.39 is 0 Å². The fourth-order valence-corrected chi connectivity index (χ4v) is 3.85. The Morgan fingerprint density at radius 2 is 1.85 bits per heavy atom. The van der Waals surface area contributed by atoms with Gasteiger partial charge in [-0.2, -0.15) is 0 Å². The van der Waals surface area contributed by atoms with Crippen LogP contribution in [0.3, 0.4) is 0 Å². The van der Waals surface area contributed by atoms with Crippen molar-refractivity contribution >= 4 is 50.6 Å². The molecule has 0 bridgehead atoms. The Labute approximate surface area is 199 Å². The maximum absolute atomic E-state index is 12.7. The summed E-state index contributed by atoms with van der Waals surface area (Å²) in [6.07, 6.45) is 2.22. The van der Waals surface area contributed by atoms with Crippen LogP contribution in [0.2, 0.25) is 0 Å². The lowest BCUT2D eigenvalue weighted by atomic mass is 10.1. The van der Waals surface area contributed by atoms with Crippen molar-refractivity contribution < 1.29 is 9.59 Å². The molecule has 3 aromatic rings. The zero-order chi connectivity index (χ0) is 24.4. The molecule has 2 heterocycles. The second-order valence-corrected chi connectivity index (χ2v) is 8.61. The van der Waals surface area contributed by atoms with Crippen molar-refractivity contribution in [3.63, 3.8) is 0 Å². The van der Waals surface area contributed by atoms with Crippen LogP contribution in [0, 0.1) is 0 Å². The molecule has 0 fully saturated rings. The standard InChI is InChI=1S/C22H28N6O2S.C2H6/c1-13(2)26-19-10-21(28-16-5-6-18-20(9-16)31-12-25-18)24-11-17(19)22(30)23-8-7-14(3)27-15(4)29;1-2/h5-6,9-14H,7-8H2,1-4H3,(H,23,30)(H,27,29)(H2,24,26,28);1-2H3/t14-;/m1./s1. The van der Waals surface area contributed by atoms with Gasteiger partial charge >= 0.3 is 0 Å². The largest absolute Gasteiger partial charge is 0.382 e. The Bertz CT molecular complexity index is 1070. The molecule has 178 valence electrons. The van der Waals surface area contributed by atoms with Crippen LogP contribution in [-0.2, 0) is 4.79 Å². The van der Waals surface area contributed by atoms with Crippen LogP contribution < -0.4 is 21.3 Å². The number of carbonyl (C=O) groups excluding carboxylic acids is 2. The van der Waals surface area contributed by atoms with E-state index in [0.29, 0.717) is 30.0 Å². The molecular weight excluding hydrogens is 436 g/mol. The van der Waals surface area contributed by atoms with Crippen LogP contribution in [0.4, 0.5) is 17.2 Å². The monoisotopic (exact) mass is 470 g/mol. The highest BCUT2D eigenvalue weighted by molar-refractivity contribution is 7.16. The molecule has 3 rings (SSSR count). The van der Waals surface area contributed by atoms with Crippen molar-refractivity contribution in [2.75, 3.05) is 17.2 Å². The van der Waals surface area contributed by atoms with Gasteiger partial charge in [-0.25, -0.2) is 9.97 Å². The van der Waals surface area contributed by atoms with E-state index in [9.17, 15) is 9.59 Å². The molecule has 9 heteroatoms. The van der Waals surface area contributed by atoms with Gasteiger partial charge in [0.05, 0.1) is 27.0 Å². The summed E-state index contributed by atoms with van der Waals surface area (Å²) in [5, 5.41) is 12.3. The summed E-state index contributed by atoms with van der Waals surface area (Å²) in [5.41, 5.74) is 4.87. The highest BCUT2D eigenvalue weighted by Crippen LogP contribution is 2.26. The normalized spacial score (nSPS) is 11.4. The SMILES string of the molecule is CC.CC(=O)N[C@H](C)CCNC(=O)c1cnc(Nc2ccc3ncsc3c2)cc1NC(C)C. The van der Waals surface area contributed by atoms with Crippen LogP contribution in [-0.4, -0.2) is 40.4 Å². The fourth-order valence-electron chi connectivity index (χ4n) is 3.13. The van der Waals surface area contributed by atoms with Crippen LogP contribution in [0.25, 0.3) is 10.2 Å². The van der Waals surface area contributed by atoms with E-state index in [-0.39, 0.29) is 23.9 Å². The predicted molar refractivity (Wildman–Crippen MR) is 137 cm³/mol. The van der Waals surface area contributed by atoms with E-state index >= 15 is 0 Å². The Balaban J connectivity index is 0.00000187. The van der Waals surface area contributed by atoms with Gasteiger partial charge in [-0.15, -0.1) is 11.3 Å². The van der Waals surface area contributed by atoms with Crippen LogP contribution >= 0.6 is 11.3 Å². The van der Waals surface area contributed by atoms with Crippen molar-refractivity contribution in [3.8, 4) is 0 Å². The average Bonchev–Trinajstić information content (AvgIpc) is 3.22. The Morgan fingerprint density at radius 3 is 2.55 bits per heavy atom. The van der Waals surface area contributed by atoms with E-state index in [1.807, 2.05) is 64.4 Å². The summed E-state index contributed by atoms with van der Waals surface area (Å²) in [5.74, 6) is 0.357. The number of carbonyl (C=O) groups is 2. The summed E-state index contributed by atoms with van der Waals surface area (Å²) < 4.78 is 1.09. The number of hydrogen-bond donors (Lipinski definition) is 4. The molecule has 4 N–H and O–H groups in total. The minimum absolute atomic E-state index is 0.00774. The molecule has 0 aliphatic heterocycles. The van der Waals surface area contributed by atoms with Gasteiger partial charge in [0.2, 0.25) is 5.91 Å². The molecule has 1 atom stereocenters. The zero-order valence-corrected chi connectivity index (χ0v) is 21.0. The van der Waals surface area contributed by atoms with E-state index in [1.165, 1.54) is 6.92 Å². The summed E-state index contributed by atoms with van der Waals surface area (Å²) in [7, 11) is 0. The summed E-state index contributed by atoms with van der Waals surface area (Å²) in [4.78, 5) is 32.6. The second-order valence-electron chi connectivity index (χ2n) is 7.72. The number of nitrogens with zero attached hydrogens (tertiary/aromatic N) is 2. The van der Waals surface area contributed by atoms with Gasteiger partial charge in [0.15, 0.2) is 0 Å². The number of thiazole rings is 1. The second kappa shape index (κ2) is 12.7. The molecular formula is C24H34N6O2S. The summed E-state index contributed by atoms with van der Waals surface area (Å²) >= 11 is 1.58. The Morgan fingerprint density at radius 1 is 1.09 bits per heavy atom. The molecule has 0 radical (unpaired) electrons. The van der Waals surface area contributed by atoms with Crippen molar-refractivity contribution in [1.29, 1.82) is 0 Å². The third kappa shape index (κ3) is 8.02. The number of pyridine rings is 1. The number of rotatable bonds is 9. The smallest absolute Gasteiger partial charge is 0.254 e. The molecule has 2 aromatic heterocycles. The molecule has 0 saturated heterocycles. The number of amides is 2. The molecule has 33 heavy (non-hydrogen) atoms. The number of hydrogen-bond acceptors (Lipinski definition) is 7. The Kier molecular flexibility index (Phi) is 10.1. The number of fused-ring (bicyclic) bond motifs is 1. The first kappa shape index (κ1) is 26.1. The lowest BCUT2D eigenvalue weighted by molar-refractivity contribution is -0.119. The van der Waals surface area contributed by atoms with Crippen molar-refractivity contribution in [1.82, 2.24) is 20.6 Å². The highest BCUT2D eigenvalue weighted by Gasteiger charge is 2.15. The van der Waals surface area contributed by atoms with Gasteiger partial charge in [-0.05, 0) is 45.4 Å². The molecule has 2 amide bonds. The van der Waals surface area contributed by atoms with Gasteiger partial charge in [0.25, 0.3) is 5.91 Å². The minimum atomic E-state index is -0.205. The topological polar surface area (TPSA) is 108 Å². The first-order chi connectivity index (χ1) is 15.8. The third-order valence-electron chi connectivity index (χ3n) is 4.51. The molecule has 1 aromatic carbocycles. The van der Waals surface area contributed by atoms with E-state index in [2.05, 4.69) is 31.2 Å². The number of nitrogens with one attached hydrogen (secondary N) is 4. The lowest BCUT2D eigenvalue weighted by Gasteiger charge is -2.17. The van der Waals surface area contributed by atoms with Crippen LogP contribution in [0.1, 0.15) is 58.3 Å². The molecule has 0 saturated carbocycles. The van der Waals surface area contributed by atoms with Gasteiger partial charge in [-0.1, -0.05) is 13.8 Å². The van der Waals surface area contributed by atoms with Crippen molar-refractivity contribution in [2.24, 2.45) is 0 Å². The molecule has 0 aliphatic rings. The van der Waals surface area contributed by atoms with Gasteiger partial charge < -0.3 is 21.3 Å². The lowest BCUT2D eigenvalue weighted by Crippen LogP contribution is -2.35. The zero-order valence-electron chi connectivity index (χ0n) is 20.2. The number of aromatic nitrogens is 2. The quantitative estimate of drug-likeness (QED) is 0.353. The van der Waals surface area contributed by atoms with Gasteiger partial charge in [0, 0.05) is 43.5 Å². The number of anilines is 3. The average molecular weight is 471 g/mol. The van der Waals surface area contributed by atoms with E-state index in [4.69, 9.17) is 0 Å². The van der Waals surface area contributed by atoms with Crippen molar-refractivity contribution in [3.05, 3.63) is 41.5 Å².